The van der Waals surface area contributed by atoms with E-state index in [9.17, 15) is 14.0 Å². The molecule has 1 heterocycles. The van der Waals surface area contributed by atoms with Crippen LogP contribution in [-0.2, 0) is 9.53 Å². The van der Waals surface area contributed by atoms with Crippen LogP contribution in [0.25, 0.3) is 11.3 Å². The first-order chi connectivity index (χ1) is 10.1. The summed E-state index contributed by atoms with van der Waals surface area (Å²) >= 11 is 0. The van der Waals surface area contributed by atoms with Gasteiger partial charge in [0.2, 0.25) is 0 Å². The highest BCUT2D eigenvalue weighted by atomic mass is 19.1. The Hall–Kier alpha value is -2.50. The van der Waals surface area contributed by atoms with E-state index in [-0.39, 0.29) is 36.1 Å². The van der Waals surface area contributed by atoms with Gasteiger partial charge >= 0.3 is 5.97 Å². The SMILES string of the molecule is COC(=O)CCCC(=O)c1cc(-c2ccc(F)cc2)on1. The average molecular weight is 291 g/mol. The molecule has 0 aliphatic rings. The average Bonchev–Trinajstić information content (AvgIpc) is 2.97. The highest BCUT2D eigenvalue weighted by molar-refractivity contribution is 5.95. The molecule has 0 radical (unpaired) electrons. The Kier molecular flexibility index (Phi) is 4.81. The predicted molar refractivity (Wildman–Crippen MR) is 72.1 cm³/mol. The topological polar surface area (TPSA) is 69.4 Å². The lowest BCUT2D eigenvalue weighted by molar-refractivity contribution is -0.140. The fraction of sp³-hybridized carbons (Fsp3) is 0.267. The van der Waals surface area contributed by atoms with E-state index in [0.717, 1.165) is 0 Å². The molecule has 0 aliphatic heterocycles. The number of nitrogens with zero attached hydrogens (tertiary/aromatic N) is 1. The van der Waals surface area contributed by atoms with E-state index < -0.39 is 0 Å². The van der Waals surface area contributed by atoms with Crippen LogP contribution < -0.4 is 0 Å². The fourth-order valence-electron chi connectivity index (χ4n) is 1.78. The molecule has 6 heteroatoms. The maximum atomic E-state index is 12.8. The van der Waals surface area contributed by atoms with Crippen LogP contribution in [0.4, 0.5) is 4.39 Å². The zero-order chi connectivity index (χ0) is 15.2. The summed E-state index contributed by atoms with van der Waals surface area (Å²) in [6.45, 7) is 0. The summed E-state index contributed by atoms with van der Waals surface area (Å²) in [7, 11) is 1.30. The van der Waals surface area contributed by atoms with E-state index in [0.29, 0.717) is 17.7 Å². The van der Waals surface area contributed by atoms with E-state index >= 15 is 0 Å². The second-order valence-corrected chi connectivity index (χ2v) is 4.44. The number of ketones is 1. The Morgan fingerprint density at radius 3 is 2.62 bits per heavy atom. The molecule has 110 valence electrons. The predicted octanol–water partition coefficient (Wildman–Crippen LogP) is 3.01. The van der Waals surface area contributed by atoms with Crippen molar-refractivity contribution in [2.24, 2.45) is 0 Å². The molecule has 0 N–H and O–H groups in total. The van der Waals surface area contributed by atoms with E-state index in [2.05, 4.69) is 9.89 Å². The number of aromatic nitrogens is 1. The van der Waals surface area contributed by atoms with Crippen LogP contribution in [0.1, 0.15) is 29.8 Å². The third kappa shape index (κ3) is 3.98. The van der Waals surface area contributed by atoms with Gasteiger partial charge in [-0.25, -0.2) is 4.39 Å². The molecule has 1 aromatic heterocycles. The summed E-state index contributed by atoms with van der Waals surface area (Å²) < 4.78 is 22.4. The molecule has 0 unspecified atom stereocenters. The van der Waals surface area contributed by atoms with Gasteiger partial charge in [-0.3, -0.25) is 9.59 Å². The lowest BCUT2D eigenvalue weighted by atomic mass is 10.1. The Labute approximate surface area is 120 Å². The first-order valence-corrected chi connectivity index (χ1v) is 6.43. The van der Waals surface area contributed by atoms with Crippen molar-refractivity contribution in [2.45, 2.75) is 19.3 Å². The van der Waals surface area contributed by atoms with Crippen LogP contribution in [0, 0.1) is 5.82 Å². The second kappa shape index (κ2) is 6.78. The van der Waals surface area contributed by atoms with Crippen molar-refractivity contribution in [1.29, 1.82) is 0 Å². The number of esters is 1. The second-order valence-electron chi connectivity index (χ2n) is 4.44. The largest absolute Gasteiger partial charge is 0.469 e. The molecule has 5 nitrogen and oxygen atoms in total. The molecule has 0 bridgehead atoms. The number of Topliss-reactive ketones (excluding diaryl/α,β-unsaturated/α-hetero) is 1. The van der Waals surface area contributed by atoms with E-state index in [1.54, 1.807) is 12.1 Å². The monoisotopic (exact) mass is 291 g/mol. The first kappa shape index (κ1) is 14.9. The molecule has 0 saturated carbocycles. The van der Waals surface area contributed by atoms with Crippen LogP contribution in [0.5, 0.6) is 0 Å². The lowest BCUT2D eigenvalue weighted by Crippen LogP contribution is -2.03. The number of hydrogen-bond donors (Lipinski definition) is 0. The van der Waals surface area contributed by atoms with Gasteiger partial charge in [0, 0.05) is 24.5 Å². The summed E-state index contributed by atoms with van der Waals surface area (Å²) in [6, 6.07) is 7.20. The van der Waals surface area contributed by atoms with Crippen LogP contribution in [-0.4, -0.2) is 24.0 Å². The van der Waals surface area contributed by atoms with Crippen molar-refractivity contribution in [2.75, 3.05) is 7.11 Å². The summed E-state index contributed by atoms with van der Waals surface area (Å²) in [4.78, 5) is 22.8. The van der Waals surface area contributed by atoms with E-state index in [1.165, 1.54) is 25.3 Å². The Morgan fingerprint density at radius 1 is 1.24 bits per heavy atom. The molecule has 0 aliphatic carbocycles. The lowest BCUT2D eigenvalue weighted by Gasteiger charge is -1.97. The van der Waals surface area contributed by atoms with Gasteiger partial charge in [-0.1, -0.05) is 5.16 Å². The highest BCUT2D eigenvalue weighted by Crippen LogP contribution is 2.21. The van der Waals surface area contributed by atoms with Crippen LogP contribution in [0.3, 0.4) is 0 Å². The number of rotatable bonds is 6. The molecule has 2 aromatic rings. The van der Waals surface area contributed by atoms with Gasteiger partial charge in [0.25, 0.3) is 0 Å². The molecule has 0 saturated heterocycles. The molecular formula is C15H14FNO4. The number of carbonyl (C=O) groups is 2. The highest BCUT2D eigenvalue weighted by Gasteiger charge is 2.14. The maximum absolute atomic E-state index is 12.8. The minimum absolute atomic E-state index is 0.185. The van der Waals surface area contributed by atoms with Gasteiger partial charge in [-0.15, -0.1) is 0 Å². The van der Waals surface area contributed by atoms with Crippen LogP contribution in [0.2, 0.25) is 0 Å². The van der Waals surface area contributed by atoms with Gasteiger partial charge in [-0.05, 0) is 30.7 Å². The third-order valence-electron chi connectivity index (χ3n) is 2.94. The summed E-state index contributed by atoms with van der Waals surface area (Å²) in [5.74, 6) is -0.519. The standard InChI is InChI=1S/C15H14FNO4/c1-20-15(19)4-2-3-13(18)12-9-14(21-17-12)10-5-7-11(16)8-6-10/h5-9H,2-4H2,1H3. The maximum Gasteiger partial charge on any atom is 0.305 e. The van der Waals surface area contributed by atoms with Crippen molar-refractivity contribution in [3.63, 3.8) is 0 Å². The van der Waals surface area contributed by atoms with Gasteiger partial charge in [0.1, 0.15) is 11.5 Å². The number of halogens is 1. The van der Waals surface area contributed by atoms with E-state index in [4.69, 9.17) is 4.52 Å². The van der Waals surface area contributed by atoms with Crippen molar-refractivity contribution in [3.05, 3.63) is 41.8 Å². The molecule has 1 aromatic carbocycles. The van der Waals surface area contributed by atoms with Crippen molar-refractivity contribution >= 4 is 11.8 Å². The minimum atomic E-state index is -0.352. The Bertz CT molecular complexity index is 633. The van der Waals surface area contributed by atoms with Crippen molar-refractivity contribution in [1.82, 2.24) is 5.16 Å². The van der Waals surface area contributed by atoms with Gasteiger partial charge in [0.15, 0.2) is 11.5 Å². The first-order valence-electron chi connectivity index (χ1n) is 6.43. The summed E-state index contributed by atoms with van der Waals surface area (Å²) in [6.07, 6.45) is 0.764. The molecule has 0 fully saturated rings. The fourth-order valence-corrected chi connectivity index (χ4v) is 1.78. The van der Waals surface area contributed by atoms with Gasteiger partial charge in [-0.2, -0.15) is 0 Å². The van der Waals surface area contributed by atoms with Crippen LogP contribution >= 0.6 is 0 Å². The molecule has 21 heavy (non-hydrogen) atoms. The number of benzene rings is 1. The smallest absolute Gasteiger partial charge is 0.305 e. The quantitative estimate of drug-likeness (QED) is 0.604. The molecule has 0 amide bonds. The van der Waals surface area contributed by atoms with E-state index in [1.807, 2.05) is 0 Å². The third-order valence-corrected chi connectivity index (χ3v) is 2.94. The zero-order valence-electron chi connectivity index (χ0n) is 11.5. The Morgan fingerprint density at radius 2 is 1.95 bits per heavy atom. The Balaban J connectivity index is 1.97. The molecular weight excluding hydrogens is 277 g/mol. The summed E-state index contributed by atoms with van der Waals surface area (Å²) in [5.41, 5.74) is 0.830. The van der Waals surface area contributed by atoms with Crippen LogP contribution in [0.15, 0.2) is 34.9 Å². The minimum Gasteiger partial charge on any atom is -0.469 e. The van der Waals surface area contributed by atoms with Gasteiger partial charge < -0.3 is 9.26 Å². The zero-order valence-corrected chi connectivity index (χ0v) is 11.5. The summed E-state index contributed by atoms with van der Waals surface area (Å²) in [5, 5.41) is 3.70. The van der Waals surface area contributed by atoms with Crippen molar-refractivity contribution in [3.8, 4) is 11.3 Å². The normalized spacial score (nSPS) is 10.4. The number of carbonyl (C=O) groups excluding carboxylic acids is 2. The molecule has 0 spiro atoms. The van der Waals surface area contributed by atoms with Crippen molar-refractivity contribution < 1.29 is 23.2 Å². The number of methoxy groups -OCH3 is 1. The number of ether oxygens (including phenoxy) is 1. The molecule has 0 atom stereocenters. The molecule has 2 rings (SSSR count). The van der Waals surface area contributed by atoms with Gasteiger partial charge in [0.05, 0.1) is 7.11 Å². The number of hydrogen-bond acceptors (Lipinski definition) is 5.